The molecule has 1 saturated heterocycles. The number of halogens is 1. The normalized spacial score (nSPS) is 17.8. The molecule has 0 spiro atoms. The minimum atomic E-state index is -0.210. The highest BCUT2D eigenvalue weighted by Crippen LogP contribution is 2.19. The van der Waals surface area contributed by atoms with Gasteiger partial charge in [-0.1, -0.05) is 30.3 Å². The summed E-state index contributed by atoms with van der Waals surface area (Å²) in [4.78, 5) is 16.0. The summed E-state index contributed by atoms with van der Waals surface area (Å²) in [6.07, 6.45) is 1.97. The average molecular weight is 373 g/mol. The lowest BCUT2D eigenvalue weighted by molar-refractivity contribution is -0.126. The average Bonchev–Trinajstić information content (AvgIpc) is 2.68. The van der Waals surface area contributed by atoms with E-state index in [4.69, 9.17) is 0 Å². The number of piperidine rings is 1. The van der Waals surface area contributed by atoms with Gasteiger partial charge in [-0.25, -0.2) is 4.39 Å². The lowest BCUT2D eigenvalue weighted by atomic mass is 9.96. The van der Waals surface area contributed by atoms with Crippen molar-refractivity contribution in [1.82, 2.24) is 10.2 Å². The van der Waals surface area contributed by atoms with Crippen LogP contribution in [0.1, 0.15) is 18.4 Å². The van der Waals surface area contributed by atoms with Crippen LogP contribution in [-0.2, 0) is 11.3 Å². The summed E-state index contributed by atoms with van der Waals surface area (Å²) in [6, 6.07) is 16.9. The summed E-state index contributed by atoms with van der Waals surface area (Å²) in [6.45, 7) is 3.22. The van der Waals surface area contributed by atoms with Crippen molar-refractivity contribution in [2.75, 3.05) is 25.4 Å². The molecule has 1 fully saturated rings. The van der Waals surface area contributed by atoms with Crippen LogP contribution in [0, 0.1) is 11.7 Å². The molecule has 1 unspecified atom stereocenters. The van der Waals surface area contributed by atoms with Crippen molar-refractivity contribution >= 4 is 17.7 Å². The van der Waals surface area contributed by atoms with Gasteiger partial charge in [-0.05, 0) is 49.2 Å². The molecule has 1 N–H and O–H groups in total. The molecule has 1 aliphatic heterocycles. The molecule has 0 bridgehead atoms. The summed E-state index contributed by atoms with van der Waals surface area (Å²) >= 11 is 1.76. The van der Waals surface area contributed by atoms with Crippen LogP contribution in [0.2, 0.25) is 0 Å². The van der Waals surface area contributed by atoms with E-state index < -0.39 is 0 Å². The van der Waals surface area contributed by atoms with Crippen molar-refractivity contribution in [3.05, 3.63) is 66.0 Å². The molecule has 26 heavy (non-hydrogen) atoms. The number of hydrogen-bond donors (Lipinski definition) is 1. The quantitative estimate of drug-likeness (QED) is 0.590. The van der Waals surface area contributed by atoms with E-state index >= 15 is 0 Å². The van der Waals surface area contributed by atoms with Crippen LogP contribution in [0.5, 0.6) is 0 Å². The number of nitrogens with one attached hydrogen (secondary N) is 1. The zero-order valence-electron chi connectivity index (χ0n) is 14.9. The van der Waals surface area contributed by atoms with E-state index in [0.29, 0.717) is 6.54 Å². The Balaban J connectivity index is 1.40. The monoisotopic (exact) mass is 372 g/mol. The maximum absolute atomic E-state index is 13.0. The number of carbonyl (C=O) groups is 1. The Morgan fingerprint density at radius 1 is 1.15 bits per heavy atom. The molecule has 1 heterocycles. The zero-order chi connectivity index (χ0) is 18.2. The first-order chi connectivity index (χ1) is 12.7. The molecule has 0 radical (unpaired) electrons. The molecule has 138 valence electrons. The molecule has 2 aromatic carbocycles. The lowest BCUT2D eigenvalue weighted by Crippen LogP contribution is -2.43. The number of benzene rings is 2. The molecular weight excluding hydrogens is 347 g/mol. The molecule has 2 aromatic rings. The van der Waals surface area contributed by atoms with Gasteiger partial charge in [0.2, 0.25) is 5.91 Å². The fraction of sp³-hybridized carbons (Fsp3) is 0.381. The zero-order valence-corrected chi connectivity index (χ0v) is 15.7. The number of nitrogens with zero attached hydrogens (tertiary/aromatic N) is 1. The molecular formula is C21H25FN2OS. The highest BCUT2D eigenvalue weighted by Gasteiger charge is 2.25. The SMILES string of the molecule is O=C(NCCSc1ccccc1)C1CCCN(Cc2ccc(F)cc2)C1. The number of amides is 1. The van der Waals surface area contributed by atoms with E-state index in [0.717, 1.165) is 43.8 Å². The van der Waals surface area contributed by atoms with Crippen molar-refractivity contribution in [1.29, 1.82) is 0 Å². The molecule has 1 atom stereocenters. The number of carbonyl (C=O) groups excluding carboxylic acids is 1. The van der Waals surface area contributed by atoms with Crippen molar-refractivity contribution in [3.8, 4) is 0 Å². The molecule has 0 aliphatic carbocycles. The van der Waals surface area contributed by atoms with Gasteiger partial charge in [0.15, 0.2) is 0 Å². The summed E-state index contributed by atoms with van der Waals surface area (Å²) in [5.74, 6) is 0.869. The van der Waals surface area contributed by atoms with Crippen LogP contribution < -0.4 is 5.32 Å². The highest BCUT2D eigenvalue weighted by atomic mass is 32.2. The first-order valence-electron chi connectivity index (χ1n) is 9.13. The van der Waals surface area contributed by atoms with Gasteiger partial charge in [0.05, 0.1) is 5.92 Å². The number of thioether (sulfide) groups is 1. The van der Waals surface area contributed by atoms with Crippen LogP contribution >= 0.6 is 11.8 Å². The number of rotatable bonds is 7. The molecule has 3 nitrogen and oxygen atoms in total. The highest BCUT2D eigenvalue weighted by molar-refractivity contribution is 7.99. The molecule has 3 rings (SSSR count). The first kappa shape index (κ1) is 18.9. The van der Waals surface area contributed by atoms with Gasteiger partial charge >= 0.3 is 0 Å². The Morgan fingerprint density at radius 3 is 2.69 bits per heavy atom. The Bertz CT molecular complexity index is 693. The van der Waals surface area contributed by atoms with Crippen LogP contribution in [0.4, 0.5) is 4.39 Å². The minimum absolute atomic E-state index is 0.0472. The van der Waals surface area contributed by atoms with Gasteiger partial charge in [-0.15, -0.1) is 11.8 Å². The van der Waals surface area contributed by atoms with Crippen molar-refractivity contribution < 1.29 is 9.18 Å². The van der Waals surface area contributed by atoms with E-state index in [-0.39, 0.29) is 17.6 Å². The van der Waals surface area contributed by atoms with Crippen molar-refractivity contribution in [2.45, 2.75) is 24.3 Å². The van der Waals surface area contributed by atoms with Gasteiger partial charge in [0.1, 0.15) is 5.82 Å². The summed E-state index contributed by atoms with van der Waals surface area (Å²) in [5.41, 5.74) is 1.09. The maximum atomic E-state index is 13.0. The standard InChI is InChI=1S/C21H25FN2OS/c22-19-10-8-17(9-11-19)15-24-13-4-5-18(16-24)21(25)23-12-14-26-20-6-2-1-3-7-20/h1-3,6-11,18H,4-5,12-16H2,(H,23,25). The number of likely N-dealkylation sites (tertiary alicyclic amines) is 1. The van der Waals surface area contributed by atoms with Gasteiger partial charge in [-0.2, -0.15) is 0 Å². The van der Waals surface area contributed by atoms with Crippen LogP contribution in [0.15, 0.2) is 59.5 Å². The van der Waals surface area contributed by atoms with Gasteiger partial charge < -0.3 is 5.32 Å². The Kier molecular flexibility index (Phi) is 7.09. The Morgan fingerprint density at radius 2 is 1.92 bits per heavy atom. The molecule has 0 aromatic heterocycles. The molecule has 1 aliphatic rings. The van der Waals surface area contributed by atoms with Crippen LogP contribution in [0.25, 0.3) is 0 Å². The molecule has 5 heteroatoms. The third kappa shape index (κ3) is 5.85. The van der Waals surface area contributed by atoms with E-state index in [1.54, 1.807) is 11.8 Å². The third-order valence-corrected chi connectivity index (χ3v) is 5.62. The summed E-state index contributed by atoms with van der Waals surface area (Å²) in [5, 5.41) is 3.08. The largest absolute Gasteiger partial charge is 0.355 e. The predicted octanol–water partition coefficient (Wildman–Crippen LogP) is 3.95. The van der Waals surface area contributed by atoms with E-state index in [1.165, 1.54) is 17.0 Å². The van der Waals surface area contributed by atoms with Crippen molar-refractivity contribution in [2.24, 2.45) is 5.92 Å². The van der Waals surface area contributed by atoms with E-state index in [9.17, 15) is 9.18 Å². The summed E-state index contributed by atoms with van der Waals surface area (Å²) < 4.78 is 13.0. The minimum Gasteiger partial charge on any atom is -0.355 e. The maximum Gasteiger partial charge on any atom is 0.224 e. The van der Waals surface area contributed by atoms with Gasteiger partial charge in [-0.3, -0.25) is 9.69 Å². The fourth-order valence-corrected chi connectivity index (χ4v) is 4.05. The second kappa shape index (κ2) is 9.74. The topological polar surface area (TPSA) is 32.3 Å². The summed E-state index contributed by atoms with van der Waals surface area (Å²) in [7, 11) is 0. The third-order valence-electron chi connectivity index (χ3n) is 4.61. The van der Waals surface area contributed by atoms with E-state index in [1.807, 2.05) is 30.3 Å². The smallest absolute Gasteiger partial charge is 0.224 e. The van der Waals surface area contributed by atoms with Gasteiger partial charge in [0.25, 0.3) is 0 Å². The lowest BCUT2D eigenvalue weighted by Gasteiger charge is -2.32. The Hall–Kier alpha value is -1.85. The first-order valence-corrected chi connectivity index (χ1v) is 10.1. The second-order valence-corrected chi connectivity index (χ2v) is 7.82. The van der Waals surface area contributed by atoms with Crippen molar-refractivity contribution in [3.63, 3.8) is 0 Å². The number of hydrogen-bond acceptors (Lipinski definition) is 3. The van der Waals surface area contributed by atoms with Crippen LogP contribution in [0.3, 0.4) is 0 Å². The fourth-order valence-electron chi connectivity index (χ4n) is 3.27. The second-order valence-electron chi connectivity index (χ2n) is 6.65. The van der Waals surface area contributed by atoms with Crippen LogP contribution in [-0.4, -0.2) is 36.2 Å². The Labute approximate surface area is 159 Å². The molecule has 0 saturated carbocycles. The molecule has 1 amide bonds. The van der Waals surface area contributed by atoms with Gasteiger partial charge in [0, 0.05) is 30.3 Å². The van der Waals surface area contributed by atoms with E-state index in [2.05, 4.69) is 22.3 Å². The predicted molar refractivity (Wildman–Crippen MR) is 105 cm³/mol.